The van der Waals surface area contributed by atoms with Crippen molar-refractivity contribution in [2.24, 2.45) is 0 Å². The van der Waals surface area contributed by atoms with Crippen molar-refractivity contribution in [3.8, 4) is 67.5 Å². The number of hydrogen-bond acceptors (Lipinski definition) is 3. The third-order valence-corrected chi connectivity index (χ3v) is 12.7. The van der Waals surface area contributed by atoms with Gasteiger partial charge in [0.15, 0.2) is 0 Å². The molecule has 4 heteroatoms. The van der Waals surface area contributed by atoms with Gasteiger partial charge in [0.2, 0.25) is 0 Å². The van der Waals surface area contributed by atoms with Gasteiger partial charge in [0.25, 0.3) is 0 Å². The average molecular weight is 881 g/mol. The SMILES string of the molecule is [2H]C([2H])([2H])C(c1cc(-c2cc(-c3ccc(C(C)(C)C)cc3)ccn2)cc(-c2cccc3c2nc(-c2cc(C(C)(C)C)cc(C(C)(C)C)c2O)n3-c2ccc(-c3ccccc3)cc2C(C)(C)C)c1)(C([2H])([2H])[2H])C([2H])([2H])[2H]. The topological polar surface area (TPSA) is 50.9 Å². The molecule has 0 saturated heterocycles. The molecule has 0 aliphatic heterocycles. The van der Waals surface area contributed by atoms with Crippen LogP contribution in [0.5, 0.6) is 5.75 Å². The number of rotatable bonds is 6. The van der Waals surface area contributed by atoms with Crippen molar-refractivity contribution >= 4 is 11.0 Å². The lowest BCUT2D eigenvalue weighted by Gasteiger charge is -2.28. The highest BCUT2D eigenvalue weighted by molar-refractivity contribution is 5.97. The van der Waals surface area contributed by atoms with Gasteiger partial charge in [0.1, 0.15) is 11.6 Å². The summed E-state index contributed by atoms with van der Waals surface area (Å²) in [5.74, 6) is 0.516. The van der Waals surface area contributed by atoms with Gasteiger partial charge in [-0.3, -0.25) is 9.55 Å². The van der Waals surface area contributed by atoms with Crippen LogP contribution >= 0.6 is 0 Å². The summed E-state index contributed by atoms with van der Waals surface area (Å²) < 4.78 is 81.6. The smallest absolute Gasteiger partial charge is 0.149 e. The highest BCUT2D eigenvalue weighted by Crippen LogP contribution is 2.46. The number of para-hydroxylation sites is 1. The Kier molecular flexibility index (Phi) is 9.02. The van der Waals surface area contributed by atoms with Gasteiger partial charge in [-0.1, -0.05) is 189 Å². The van der Waals surface area contributed by atoms with Crippen molar-refractivity contribution in [2.45, 2.75) is 131 Å². The summed E-state index contributed by atoms with van der Waals surface area (Å²) in [5.41, 5.74) is 6.47. The van der Waals surface area contributed by atoms with Crippen molar-refractivity contribution < 1.29 is 17.4 Å². The Hall–Kier alpha value is -6.26. The van der Waals surface area contributed by atoms with Crippen LogP contribution in [0.15, 0.2) is 140 Å². The van der Waals surface area contributed by atoms with Crippen molar-refractivity contribution in [1.29, 1.82) is 0 Å². The Morgan fingerprint density at radius 2 is 1.06 bits per heavy atom. The third kappa shape index (κ3) is 9.12. The lowest BCUT2D eigenvalue weighted by Crippen LogP contribution is -2.18. The van der Waals surface area contributed by atoms with Gasteiger partial charge in [-0.25, -0.2) is 4.98 Å². The molecular weight excluding hydrogens is 803 g/mol. The molecule has 4 nitrogen and oxygen atoms in total. The predicted molar refractivity (Wildman–Crippen MR) is 281 cm³/mol. The summed E-state index contributed by atoms with van der Waals surface area (Å²) >= 11 is 0. The zero-order valence-corrected chi connectivity index (χ0v) is 40.6. The summed E-state index contributed by atoms with van der Waals surface area (Å²) in [6.07, 6.45) is 1.63. The highest BCUT2D eigenvalue weighted by Gasteiger charge is 2.31. The molecule has 0 fully saturated rings. The maximum atomic E-state index is 12.6. The van der Waals surface area contributed by atoms with Gasteiger partial charge < -0.3 is 5.11 Å². The Morgan fingerprint density at radius 3 is 1.70 bits per heavy atom. The largest absolute Gasteiger partial charge is 0.507 e. The molecule has 0 amide bonds. The predicted octanol–water partition coefficient (Wildman–Crippen LogP) is 16.9. The van der Waals surface area contributed by atoms with E-state index in [1.54, 1.807) is 12.3 Å². The molecule has 8 rings (SSSR count). The first-order valence-corrected chi connectivity index (χ1v) is 22.9. The van der Waals surface area contributed by atoms with Gasteiger partial charge in [0.05, 0.1) is 28.0 Å². The number of hydrogen-bond donors (Lipinski definition) is 1. The van der Waals surface area contributed by atoms with Crippen LogP contribution in [0.25, 0.3) is 72.7 Å². The number of benzene rings is 6. The summed E-state index contributed by atoms with van der Waals surface area (Å²) in [4.78, 5) is 10.3. The van der Waals surface area contributed by atoms with Gasteiger partial charge in [-0.15, -0.1) is 0 Å². The van der Waals surface area contributed by atoms with Gasteiger partial charge in [-0.05, 0) is 126 Å². The van der Waals surface area contributed by atoms with E-state index in [9.17, 15) is 5.11 Å². The second kappa shape index (κ2) is 16.6. The molecule has 2 aromatic heterocycles. The summed E-state index contributed by atoms with van der Waals surface area (Å²) in [5, 5.41) is 12.6. The lowest BCUT2D eigenvalue weighted by atomic mass is 9.78. The molecule has 0 spiro atoms. The van der Waals surface area contributed by atoms with Crippen LogP contribution in [-0.2, 0) is 27.1 Å². The number of aromatic nitrogens is 3. The zero-order chi connectivity index (χ0) is 55.2. The number of aromatic hydroxyl groups is 1. The molecule has 2 heterocycles. The van der Waals surface area contributed by atoms with E-state index in [2.05, 4.69) is 136 Å². The van der Waals surface area contributed by atoms with Crippen LogP contribution in [0, 0.1) is 0 Å². The van der Waals surface area contributed by atoms with Crippen LogP contribution in [0.1, 0.15) is 144 Å². The maximum Gasteiger partial charge on any atom is 0.149 e. The second-order valence-electron chi connectivity index (χ2n) is 22.0. The molecule has 338 valence electrons. The van der Waals surface area contributed by atoms with E-state index in [0.717, 1.165) is 50.2 Å². The summed E-state index contributed by atoms with van der Waals surface area (Å²) in [6, 6.07) is 42.7. The molecule has 0 radical (unpaired) electrons. The fourth-order valence-electron chi connectivity index (χ4n) is 8.79. The molecule has 0 atom stereocenters. The Balaban J connectivity index is 1.51. The number of pyridine rings is 1. The van der Waals surface area contributed by atoms with Crippen LogP contribution in [0.4, 0.5) is 0 Å². The van der Waals surface area contributed by atoms with E-state index in [-0.39, 0.29) is 16.6 Å². The molecular formula is C62H69N3O. The molecule has 1 N–H and O–H groups in total. The molecule has 0 aliphatic rings. The fraction of sp³-hybridized carbons (Fsp3) is 0.323. The minimum absolute atomic E-state index is 0.0763. The Bertz CT molecular complexity index is 3390. The maximum absolute atomic E-state index is 12.6. The summed E-state index contributed by atoms with van der Waals surface area (Å²) in [7, 11) is 0. The van der Waals surface area contributed by atoms with Crippen molar-refractivity contribution in [3.05, 3.63) is 167 Å². The number of phenolic OH excluding ortho intramolecular Hbond substituents is 1. The molecule has 66 heavy (non-hydrogen) atoms. The van der Waals surface area contributed by atoms with Crippen molar-refractivity contribution in [1.82, 2.24) is 14.5 Å². The quantitative estimate of drug-likeness (QED) is 0.181. The normalized spacial score (nSPS) is 15.4. The van der Waals surface area contributed by atoms with Gasteiger partial charge >= 0.3 is 0 Å². The first-order chi connectivity index (χ1) is 34.5. The van der Waals surface area contributed by atoms with Crippen molar-refractivity contribution in [3.63, 3.8) is 0 Å². The van der Waals surface area contributed by atoms with E-state index >= 15 is 0 Å². The van der Waals surface area contributed by atoms with E-state index in [0.29, 0.717) is 44.8 Å². The molecule has 0 bridgehead atoms. The first-order valence-electron chi connectivity index (χ1n) is 27.4. The number of imidazole rings is 1. The molecule has 8 aromatic rings. The van der Waals surface area contributed by atoms with E-state index in [1.807, 2.05) is 66.7 Å². The number of nitrogens with zero attached hydrogens (tertiary/aromatic N) is 3. The van der Waals surface area contributed by atoms with Crippen LogP contribution < -0.4 is 0 Å². The standard InChI is InChI=1S/C62H69N3O/c1-58(2,3)45-27-24-40(25-28-45)42-30-31-63-52(36-42)44-32-43(33-46(34-44)59(4,5)6)48-22-19-23-54-55(48)64-57(49-37-47(60(7,8)9)38-51(56(49)66)62(13,14)15)65(54)53-29-26-41(35-50(53)61(10,11)12)39-20-17-16-18-21-39/h16-38,66H,1-15H3/i4D3,5D3,6D3. The van der Waals surface area contributed by atoms with Crippen LogP contribution in [-0.4, -0.2) is 19.6 Å². The van der Waals surface area contributed by atoms with E-state index in [4.69, 9.17) is 22.3 Å². The van der Waals surface area contributed by atoms with Gasteiger partial charge in [-0.2, -0.15) is 0 Å². The number of fused-ring (bicyclic) bond motifs is 1. The fourth-order valence-corrected chi connectivity index (χ4v) is 8.79. The van der Waals surface area contributed by atoms with Gasteiger partial charge in [0, 0.05) is 35.2 Å². The average Bonchev–Trinajstić information content (AvgIpc) is 3.68. The molecule has 0 unspecified atom stereocenters. The summed E-state index contributed by atoms with van der Waals surface area (Å²) in [6.45, 7) is 14.9. The third-order valence-electron chi connectivity index (χ3n) is 12.7. The van der Waals surface area contributed by atoms with Crippen molar-refractivity contribution in [2.75, 3.05) is 0 Å². The monoisotopic (exact) mass is 881 g/mol. The lowest BCUT2D eigenvalue weighted by molar-refractivity contribution is 0.446. The highest BCUT2D eigenvalue weighted by atomic mass is 16.3. The molecule has 0 aliphatic carbocycles. The number of phenols is 1. The van der Waals surface area contributed by atoms with E-state index < -0.39 is 42.4 Å². The zero-order valence-electron chi connectivity index (χ0n) is 49.6. The Morgan fingerprint density at radius 1 is 0.455 bits per heavy atom. The van der Waals surface area contributed by atoms with Crippen LogP contribution in [0.2, 0.25) is 0 Å². The van der Waals surface area contributed by atoms with Crippen LogP contribution in [0.3, 0.4) is 0 Å². The molecule has 0 saturated carbocycles. The minimum atomic E-state index is -3.54. The minimum Gasteiger partial charge on any atom is -0.507 e. The first kappa shape index (κ1) is 35.9. The second-order valence-corrected chi connectivity index (χ2v) is 22.0. The molecule has 6 aromatic carbocycles. The van der Waals surface area contributed by atoms with E-state index in [1.165, 1.54) is 12.1 Å². The Labute approximate surface area is 407 Å².